The Balaban J connectivity index is 3.23. The molecule has 16 heavy (non-hydrogen) atoms. The maximum atomic E-state index is 13.0. The molecule has 0 aromatic heterocycles. The van der Waals surface area contributed by atoms with E-state index in [1.807, 2.05) is 0 Å². The Morgan fingerprint density at radius 1 is 1.62 bits per heavy atom. The number of alkyl halides is 1. The number of hydrogen-bond acceptors (Lipinski definition) is 3. The molecule has 2 N–H and O–H groups in total. The van der Waals surface area contributed by atoms with Crippen molar-refractivity contribution in [1.82, 2.24) is 0 Å². The van der Waals surface area contributed by atoms with E-state index in [2.05, 4.69) is 9.73 Å². The summed E-state index contributed by atoms with van der Waals surface area (Å²) in [4.78, 5) is 15.2. The van der Waals surface area contributed by atoms with Gasteiger partial charge in [0.2, 0.25) is 0 Å². The van der Waals surface area contributed by atoms with E-state index in [0.29, 0.717) is 0 Å². The van der Waals surface area contributed by atoms with E-state index in [1.54, 1.807) is 0 Å². The Bertz CT molecular complexity index is 435. The van der Waals surface area contributed by atoms with Gasteiger partial charge in [-0.2, -0.15) is 0 Å². The van der Waals surface area contributed by atoms with Crippen LogP contribution in [-0.4, -0.2) is 24.8 Å². The molecule has 4 nitrogen and oxygen atoms in total. The Morgan fingerprint density at radius 2 is 2.31 bits per heavy atom. The van der Waals surface area contributed by atoms with Gasteiger partial charge in [-0.15, -0.1) is 11.6 Å². The number of halogens is 2. The lowest BCUT2D eigenvalue weighted by Gasteiger charge is -2.04. The van der Waals surface area contributed by atoms with Crippen LogP contribution in [0.5, 0.6) is 0 Å². The lowest BCUT2D eigenvalue weighted by molar-refractivity contribution is 0.0601. The molecule has 6 heteroatoms. The van der Waals surface area contributed by atoms with Crippen molar-refractivity contribution >= 4 is 29.1 Å². The normalized spacial score (nSPS) is 11.3. The topological polar surface area (TPSA) is 64.7 Å². The van der Waals surface area contributed by atoms with E-state index in [4.69, 9.17) is 17.3 Å². The summed E-state index contributed by atoms with van der Waals surface area (Å²) in [7, 11) is 1.23. The predicted octanol–water partition coefficient (Wildman–Crippen LogP) is 1.84. The van der Waals surface area contributed by atoms with Crippen molar-refractivity contribution in [3.05, 3.63) is 29.6 Å². The van der Waals surface area contributed by atoms with Crippen LogP contribution in [0.25, 0.3) is 0 Å². The molecule has 86 valence electrons. The van der Waals surface area contributed by atoms with Crippen LogP contribution in [0.1, 0.15) is 10.4 Å². The number of carbonyl (C=O) groups excluding carboxylic acids is 1. The summed E-state index contributed by atoms with van der Waals surface area (Å²) in [6.45, 7) is 0. The first-order valence-corrected chi connectivity index (χ1v) is 4.88. The zero-order valence-corrected chi connectivity index (χ0v) is 9.29. The van der Waals surface area contributed by atoms with E-state index in [1.165, 1.54) is 13.2 Å². The summed E-state index contributed by atoms with van der Waals surface area (Å²) in [6, 6.07) is 3.51. The molecular formula is C10H10ClFN2O2. The van der Waals surface area contributed by atoms with Crippen molar-refractivity contribution in [3.8, 4) is 0 Å². The van der Waals surface area contributed by atoms with Crippen molar-refractivity contribution in [3.63, 3.8) is 0 Å². The highest BCUT2D eigenvalue weighted by Crippen LogP contribution is 2.21. The van der Waals surface area contributed by atoms with Crippen molar-refractivity contribution in [2.24, 2.45) is 10.7 Å². The number of nitrogens with two attached hydrogens (primary N) is 1. The quantitative estimate of drug-likeness (QED) is 0.382. The van der Waals surface area contributed by atoms with Gasteiger partial charge in [0.1, 0.15) is 11.7 Å². The first-order valence-electron chi connectivity index (χ1n) is 4.35. The summed E-state index contributed by atoms with van der Waals surface area (Å²) < 4.78 is 17.5. The Labute approximate surface area is 96.9 Å². The van der Waals surface area contributed by atoms with E-state index < -0.39 is 11.8 Å². The fraction of sp³-hybridized carbons (Fsp3) is 0.200. The number of esters is 1. The number of carbonyl (C=O) groups is 1. The van der Waals surface area contributed by atoms with E-state index >= 15 is 0 Å². The van der Waals surface area contributed by atoms with Gasteiger partial charge in [0.05, 0.1) is 24.2 Å². The second-order valence-corrected chi connectivity index (χ2v) is 3.16. The molecule has 0 aliphatic heterocycles. The molecule has 0 saturated carbocycles. The first-order chi connectivity index (χ1) is 7.58. The predicted molar refractivity (Wildman–Crippen MR) is 59.7 cm³/mol. The molecule has 1 aromatic rings. The van der Waals surface area contributed by atoms with E-state index in [-0.39, 0.29) is 23.0 Å². The number of hydrogen-bond donors (Lipinski definition) is 1. The molecule has 1 rings (SSSR count). The third kappa shape index (κ3) is 2.93. The number of methoxy groups -OCH3 is 1. The van der Waals surface area contributed by atoms with Crippen LogP contribution in [0, 0.1) is 5.82 Å². The average molecular weight is 245 g/mol. The van der Waals surface area contributed by atoms with Gasteiger partial charge in [0, 0.05) is 6.07 Å². The van der Waals surface area contributed by atoms with Gasteiger partial charge >= 0.3 is 5.97 Å². The molecule has 0 amide bonds. The summed E-state index contributed by atoms with van der Waals surface area (Å²) in [5, 5.41) is 0. The number of rotatable bonds is 3. The van der Waals surface area contributed by atoms with Crippen LogP contribution < -0.4 is 5.73 Å². The molecule has 0 aliphatic carbocycles. The molecule has 0 atom stereocenters. The Hall–Kier alpha value is -1.62. The van der Waals surface area contributed by atoms with Crippen LogP contribution in [0.2, 0.25) is 0 Å². The fourth-order valence-corrected chi connectivity index (χ4v) is 1.12. The van der Waals surface area contributed by atoms with Crippen molar-refractivity contribution in [2.75, 3.05) is 13.0 Å². The Morgan fingerprint density at radius 3 is 2.88 bits per heavy atom. The van der Waals surface area contributed by atoms with Gasteiger partial charge in [-0.05, 0) is 12.1 Å². The van der Waals surface area contributed by atoms with Crippen molar-refractivity contribution in [1.29, 1.82) is 0 Å². The lowest BCUT2D eigenvalue weighted by Crippen LogP contribution is -2.13. The minimum atomic E-state index is -0.610. The highest BCUT2D eigenvalue weighted by Gasteiger charge is 2.12. The zero-order chi connectivity index (χ0) is 12.1. The van der Waals surface area contributed by atoms with Gasteiger partial charge < -0.3 is 10.5 Å². The van der Waals surface area contributed by atoms with Gasteiger partial charge in [0.25, 0.3) is 0 Å². The zero-order valence-electron chi connectivity index (χ0n) is 8.54. The fourth-order valence-electron chi connectivity index (χ4n) is 1.06. The van der Waals surface area contributed by atoms with E-state index in [0.717, 1.165) is 12.1 Å². The van der Waals surface area contributed by atoms with Gasteiger partial charge in [-0.25, -0.2) is 14.2 Å². The molecule has 0 aliphatic rings. The SMILES string of the molecule is COC(=O)c1ccc(F)cc1N=C(N)CCl. The monoisotopic (exact) mass is 244 g/mol. The molecule has 0 heterocycles. The molecular weight excluding hydrogens is 235 g/mol. The standard InChI is InChI=1S/C10H10ClFN2O2/c1-16-10(15)7-3-2-6(12)4-8(7)14-9(13)5-11/h2-4H,5H2,1H3,(H2,13,14). The average Bonchev–Trinajstić information content (AvgIpc) is 2.28. The summed E-state index contributed by atoms with van der Waals surface area (Å²) in [6.07, 6.45) is 0. The third-order valence-corrected chi connectivity index (χ3v) is 2.04. The lowest BCUT2D eigenvalue weighted by atomic mass is 10.2. The molecule has 0 spiro atoms. The summed E-state index contributed by atoms with van der Waals surface area (Å²) in [5.74, 6) is -1.04. The molecule has 0 radical (unpaired) electrons. The largest absolute Gasteiger partial charge is 0.465 e. The molecule has 1 aromatic carbocycles. The minimum absolute atomic E-state index is 0.00285. The second kappa shape index (κ2) is 5.46. The molecule has 0 saturated heterocycles. The van der Waals surface area contributed by atoms with Gasteiger partial charge in [-0.1, -0.05) is 0 Å². The number of benzene rings is 1. The van der Waals surface area contributed by atoms with Crippen molar-refractivity contribution in [2.45, 2.75) is 0 Å². The van der Waals surface area contributed by atoms with Crippen LogP contribution in [0.15, 0.2) is 23.2 Å². The van der Waals surface area contributed by atoms with Crippen LogP contribution >= 0.6 is 11.6 Å². The number of ether oxygens (including phenoxy) is 1. The smallest absolute Gasteiger partial charge is 0.340 e. The highest BCUT2D eigenvalue weighted by molar-refractivity contribution is 6.28. The van der Waals surface area contributed by atoms with Gasteiger partial charge in [0.15, 0.2) is 0 Å². The second-order valence-electron chi connectivity index (χ2n) is 2.89. The summed E-state index contributed by atoms with van der Waals surface area (Å²) >= 11 is 5.44. The highest BCUT2D eigenvalue weighted by atomic mass is 35.5. The van der Waals surface area contributed by atoms with Crippen LogP contribution in [0.3, 0.4) is 0 Å². The molecule has 0 bridgehead atoms. The van der Waals surface area contributed by atoms with Crippen LogP contribution in [-0.2, 0) is 4.74 Å². The van der Waals surface area contributed by atoms with Crippen LogP contribution in [0.4, 0.5) is 10.1 Å². The maximum Gasteiger partial charge on any atom is 0.340 e. The number of nitrogens with zero attached hydrogens (tertiary/aromatic N) is 1. The summed E-state index contributed by atoms with van der Waals surface area (Å²) in [5.41, 5.74) is 5.65. The minimum Gasteiger partial charge on any atom is -0.465 e. The maximum absolute atomic E-state index is 13.0. The van der Waals surface area contributed by atoms with Crippen molar-refractivity contribution < 1.29 is 13.9 Å². The third-order valence-electron chi connectivity index (χ3n) is 1.77. The first kappa shape index (κ1) is 12.4. The molecule has 0 unspecified atom stereocenters. The number of aliphatic imine (C=N–C) groups is 1. The Kier molecular flexibility index (Phi) is 4.25. The van der Waals surface area contributed by atoms with Gasteiger partial charge in [-0.3, -0.25) is 0 Å². The van der Waals surface area contributed by atoms with E-state index in [9.17, 15) is 9.18 Å². The molecule has 0 fully saturated rings. The number of amidine groups is 1.